The highest BCUT2D eigenvalue weighted by molar-refractivity contribution is 6.21. The van der Waals surface area contributed by atoms with E-state index < -0.39 is 0 Å². The number of fused-ring (bicyclic) bond motifs is 14. The van der Waals surface area contributed by atoms with Crippen LogP contribution in [0.15, 0.2) is 266 Å². The topological polar surface area (TPSA) is 59.0 Å². The van der Waals surface area contributed by atoms with Crippen LogP contribution >= 0.6 is 0 Å². The van der Waals surface area contributed by atoms with Crippen LogP contribution in [-0.4, -0.2) is 0 Å². The quantitative estimate of drug-likeness (QED) is 0.151. The Kier molecular flexibility index (Phi) is 10.9. The molecule has 0 aliphatic rings. The Hall–Kier alpha value is -10.8. The Morgan fingerprint density at radius 1 is 0.291 bits per heavy atom. The van der Waals surface area contributed by atoms with Crippen molar-refractivity contribution in [3.63, 3.8) is 0 Å². The molecule has 4 heterocycles. The summed E-state index contributed by atoms with van der Waals surface area (Å²) in [4.78, 5) is 4.69. The van der Waals surface area contributed by atoms with E-state index in [1.807, 2.05) is 0 Å². The number of aryl methyl sites for hydroxylation is 2. The molecule has 86 heavy (non-hydrogen) atoms. The number of benzene rings is 13. The predicted molar refractivity (Wildman–Crippen MR) is 359 cm³/mol. The first-order valence-electron chi connectivity index (χ1n) is 29.5. The molecule has 0 aliphatic heterocycles. The van der Waals surface area contributed by atoms with Gasteiger partial charge in [0, 0.05) is 82.5 Å². The first-order valence-corrected chi connectivity index (χ1v) is 29.5. The van der Waals surface area contributed by atoms with E-state index in [1.54, 1.807) is 0 Å². The van der Waals surface area contributed by atoms with Gasteiger partial charge in [-0.3, -0.25) is 0 Å². The Morgan fingerprint density at radius 2 is 0.733 bits per heavy atom. The molecule has 6 heteroatoms. The second kappa shape index (κ2) is 18.8. The highest BCUT2D eigenvalue weighted by atomic mass is 16.3. The summed E-state index contributed by atoms with van der Waals surface area (Å²) in [7, 11) is 0. The minimum atomic E-state index is -0.311. The SMILES string of the molecule is Cc1ccccc1N(c1ccc2cc3c(cc2c1)oc1c(C(C)(C)C)c2c(cc13)oc1cc3cc(N(c4ccccc4C)c4cccc5c4oc4c(-c6ccccc6)cccc45)ccc3cc12)c1cccc2c1oc1c(-c3ccccc3)cccc12. The molecule has 0 N–H and O–H groups in total. The molecule has 410 valence electrons. The van der Waals surface area contributed by atoms with Gasteiger partial charge in [-0.1, -0.05) is 191 Å². The molecule has 17 rings (SSSR count). The maximum absolute atomic E-state index is 7.19. The molecule has 13 aromatic carbocycles. The summed E-state index contributed by atoms with van der Waals surface area (Å²) in [5, 5.41) is 12.9. The van der Waals surface area contributed by atoms with Crippen molar-refractivity contribution in [3.05, 3.63) is 265 Å². The van der Waals surface area contributed by atoms with Crippen LogP contribution in [0.3, 0.4) is 0 Å². The van der Waals surface area contributed by atoms with Crippen LogP contribution in [0.5, 0.6) is 0 Å². The normalized spacial score (nSPS) is 12.2. The second-order valence-corrected chi connectivity index (χ2v) is 24.1. The lowest BCUT2D eigenvalue weighted by molar-refractivity contribution is 0.577. The van der Waals surface area contributed by atoms with Gasteiger partial charge in [0.15, 0.2) is 11.2 Å². The summed E-state index contributed by atoms with van der Waals surface area (Å²) in [5.41, 5.74) is 20.4. The zero-order valence-electron chi connectivity index (χ0n) is 48.2. The van der Waals surface area contributed by atoms with E-state index >= 15 is 0 Å². The van der Waals surface area contributed by atoms with E-state index in [0.29, 0.717) is 0 Å². The van der Waals surface area contributed by atoms with Crippen LogP contribution in [-0.2, 0) is 5.41 Å². The molecule has 0 aliphatic carbocycles. The van der Waals surface area contributed by atoms with Crippen molar-refractivity contribution in [3.8, 4) is 22.3 Å². The monoisotopic (exact) mass is 1110 g/mol. The summed E-state index contributed by atoms with van der Waals surface area (Å²) >= 11 is 0. The molecule has 0 saturated carbocycles. The van der Waals surface area contributed by atoms with Crippen LogP contribution in [0, 0.1) is 13.8 Å². The van der Waals surface area contributed by atoms with Crippen molar-refractivity contribution in [2.45, 2.75) is 40.0 Å². The smallest absolute Gasteiger partial charge is 0.159 e. The molecule has 0 fully saturated rings. The molecule has 0 spiro atoms. The number of rotatable bonds is 8. The lowest BCUT2D eigenvalue weighted by Gasteiger charge is -2.27. The fourth-order valence-electron chi connectivity index (χ4n) is 13.7. The summed E-state index contributed by atoms with van der Waals surface area (Å²) < 4.78 is 28.3. The zero-order valence-corrected chi connectivity index (χ0v) is 48.2. The molecular weight excluding hydrogens is 1050 g/mol. The van der Waals surface area contributed by atoms with E-state index in [2.05, 4.69) is 293 Å². The molecule has 0 unspecified atom stereocenters. The highest BCUT2D eigenvalue weighted by Gasteiger charge is 2.30. The first kappa shape index (κ1) is 49.8. The van der Waals surface area contributed by atoms with Gasteiger partial charge in [-0.05, 0) is 142 Å². The molecule has 4 aromatic heterocycles. The number of anilines is 6. The molecule has 0 saturated heterocycles. The van der Waals surface area contributed by atoms with Gasteiger partial charge >= 0.3 is 0 Å². The van der Waals surface area contributed by atoms with Crippen LogP contribution in [0.1, 0.15) is 37.5 Å². The van der Waals surface area contributed by atoms with E-state index in [9.17, 15) is 0 Å². The Labute approximate surface area is 495 Å². The maximum Gasteiger partial charge on any atom is 0.159 e. The van der Waals surface area contributed by atoms with E-state index in [0.717, 1.165) is 182 Å². The van der Waals surface area contributed by atoms with E-state index in [1.165, 1.54) is 0 Å². The zero-order chi connectivity index (χ0) is 57.5. The standard InChI is InChI=1S/C80H56N2O4/c1-47-20-12-14-32-66(47)81(68-34-18-30-61-59-28-16-26-57(75(59)85-77(61)68)49-22-8-6-9-23-49)55-38-36-51-42-63-64-46-72-73(74(80(3,4)5)79(64)84-70(63)44-53(51)40-55)65-43-52-37-39-56(41-54(52)45-71(65)83-72)82(67-33-15-13-21-48(67)2)69-35-19-31-62-60-29-17-27-58(76(60)86-78(62)69)50-24-10-7-11-25-50/h6-46H,1-5H3. The molecular formula is C80H56N2O4. The van der Waals surface area contributed by atoms with E-state index in [-0.39, 0.29) is 5.41 Å². The predicted octanol–water partition coefficient (Wildman–Crippen LogP) is 23.8. The fraction of sp³-hybridized carbons (Fsp3) is 0.0750. The van der Waals surface area contributed by atoms with Gasteiger partial charge in [-0.2, -0.15) is 0 Å². The summed E-state index contributed by atoms with van der Waals surface area (Å²) in [5.74, 6) is 0. The fourth-order valence-corrected chi connectivity index (χ4v) is 13.7. The first-order chi connectivity index (χ1) is 42.1. The Balaban J connectivity index is 0.798. The van der Waals surface area contributed by atoms with Gasteiger partial charge in [0.25, 0.3) is 0 Å². The molecule has 0 bridgehead atoms. The van der Waals surface area contributed by atoms with Gasteiger partial charge in [0.05, 0.1) is 11.4 Å². The minimum Gasteiger partial charge on any atom is -0.456 e. The number of nitrogens with zero attached hydrogens (tertiary/aromatic N) is 2. The second-order valence-electron chi connectivity index (χ2n) is 24.1. The van der Waals surface area contributed by atoms with Gasteiger partial charge in [0.1, 0.15) is 33.5 Å². The summed E-state index contributed by atoms with van der Waals surface area (Å²) in [6.45, 7) is 11.2. The van der Waals surface area contributed by atoms with Crippen molar-refractivity contribution in [1.29, 1.82) is 0 Å². The lowest BCUT2D eigenvalue weighted by atomic mass is 9.82. The molecule has 0 amide bonds. The molecule has 0 radical (unpaired) electrons. The molecule has 0 atom stereocenters. The minimum absolute atomic E-state index is 0.311. The number of hydrogen-bond donors (Lipinski definition) is 0. The number of para-hydroxylation sites is 6. The molecule has 17 aromatic rings. The lowest BCUT2D eigenvalue weighted by Crippen LogP contribution is -2.12. The van der Waals surface area contributed by atoms with Crippen molar-refractivity contribution in [2.24, 2.45) is 0 Å². The van der Waals surface area contributed by atoms with Gasteiger partial charge < -0.3 is 27.5 Å². The van der Waals surface area contributed by atoms with Crippen LogP contribution < -0.4 is 9.80 Å². The summed E-state index contributed by atoms with van der Waals surface area (Å²) in [6, 6.07) is 88.7. The molecule has 6 nitrogen and oxygen atoms in total. The Bertz CT molecular complexity index is 5390. The van der Waals surface area contributed by atoms with Crippen LogP contribution in [0.2, 0.25) is 0 Å². The third-order valence-corrected chi connectivity index (χ3v) is 17.7. The average Bonchev–Trinajstić information content (AvgIpc) is 1.68. The van der Waals surface area contributed by atoms with Gasteiger partial charge in [-0.15, -0.1) is 0 Å². The average molecular weight is 1110 g/mol. The largest absolute Gasteiger partial charge is 0.456 e. The highest BCUT2D eigenvalue weighted by Crippen LogP contribution is 2.50. The number of furan rings is 4. The Morgan fingerprint density at radius 3 is 1.23 bits per heavy atom. The maximum atomic E-state index is 7.19. The summed E-state index contributed by atoms with van der Waals surface area (Å²) in [6.07, 6.45) is 0. The number of hydrogen-bond acceptors (Lipinski definition) is 6. The van der Waals surface area contributed by atoms with Crippen LogP contribution in [0.25, 0.3) is 132 Å². The van der Waals surface area contributed by atoms with Gasteiger partial charge in [0.2, 0.25) is 0 Å². The van der Waals surface area contributed by atoms with Crippen LogP contribution in [0.4, 0.5) is 34.1 Å². The van der Waals surface area contributed by atoms with Crippen molar-refractivity contribution >= 4 is 143 Å². The van der Waals surface area contributed by atoms with Crippen molar-refractivity contribution in [1.82, 2.24) is 0 Å². The van der Waals surface area contributed by atoms with Crippen molar-refractivity contribution < 1.29 is 17.7 Å². The van der Waals surface area contributed by atoms with E-state index in [4.69, 9.17) is 17.7 Å². The van der Waals surface area contributed by atoms with Crippen molar-refractivity contribution in [2.75, 3.05) is 9.80 Å². The van der Waals surface area contributed by atoms with Gasteiger partial charge in [-0.25, -0.2) is 0 Å². The third kappa shape index (κ3) is 7.65. The third-order valence-electron chi connectivity index (χ3n) is 17.7.